The summed E-state index contributed by atoms with van der Waals surface area (Å²) in [5, 5.41) is 4.36. The zero-order valence-electron chi connectivity index (χ0n) is 17.0. The van der Waals surface area contributed by atoms with Crippen LogP contribution in [-0.2, 0) is 22.6 Å². The van der Waals surface area contributed by atoms with Gasteiger partial charge in [0.05, 0.1) is 24.8 Å². The Morgan fingerprint density at radius 3 is 2.79 bits per heavy atom. The van der Waals surface area contributed by atoms with Crippen LogP contribution in [0.1, 0.15) is 38.7 Å². The Labute approximate surface area is 167 Å². The van der Waals surface area contributed by atoms with Crippen LogP contribution >= 0.6 is 0 Å². The van der Waals surface area contributed by atoms with Gasteiger partial charge in [0.25, 0.3) is 0 Å². The number of esters is 1. The lowest BCUT2D eigenvalue weighted by Gasteiger charge is -2.40. The number of aryl methyl sites for hydroxylation is 1. The van der Waals surface area contributed by atoms with Crippen molar-refractivity contribution in [3.8, 4) is 5.75 Å². The van der Waals surface area contributed by atoms with Crippen LogP contribution in [0.3, 0.4) is 0 Å². The predicted molar refractivity (Wildman–Crippen MR) is 108 cm³/mol. The highest BCUT2D eigenvalue weighted by molar-refractivity contribution is 5.77. The van der Waals surface area contributed by atoms with E-state index in [0.717, 1.165) is 38.2 Å². The lowest BCUT2D eigenvalue weighted by atomic mass is 9.77. The average Bonchev–Trinajstić information content (AvgIpc) is 3.17. The average molecular weight is 386 g/mol. The van der Waals surface area contributed by atoms with Crippen LogP contribution in [0, 0.1) is 5.41 Å². The maximum atomic E-state index is 12.9. The summed E-state index contributed by atoms with van der Waals surface area (Å²) in [5.41, 5.74) is 0.672. The molecule has 0 saturated carbocycles. The molecule has 1 unspecified atom stereocenters. The highest BCUT2D eigenvalue weighted by Gasteiger charge is 2.43. The van der Waals surface area contributed by atoms with E-state index in [0.29, 0.717) is 26.2 Å². The molecule has 0 aliphatic carbocycles. The van der Waals surface area contributed by atoms with Gasteiger partial charge in [-0.25, -0.2) is 0 Å². The fourth-order valence-corrected chi connectivity index (χ4v) is 3.92. The molecule has 0 spiro atoms. The third kappa shape index (κ3) is 5.13. The number of hydrogen-bond acceptors (Lipinski definition) is 5. The number of rotatable bonds is 9. The Balaban J connectivity index is 1.66. The van der Waals surface area contributed by atoms with Gasteiger partial charge in [0.15, 0.2) is 0 Å². The second-order valence-electron chi connectivity index (χ2n) is 7.43. The van der Waals surface area contributed by atoms with Crippen molar-refractivity contribution in [1.29, 1.82) is 0 Å². The number of piperidine rings is 1. The lowest BCUT2D eigenvalue weighted by molar-refractivity contribution is -0.160. The zero-order valence-corrected chi connectivity index (χ0v) is 17.0. The molecule has 0 amide bonds. The van der Waals surface area contributed by atoms with Crippen LogP contribution in [0.25, 0.3) is 0 Å². The minimum absolute atomic E-state index is 0.0967. The fraction of sp³-hybridized carbons (Fsp3) is 0.545. The van der Waals surface area contributed by atoms with Gasteiger partial charge in [-0.05, 0) is 51.8 Å². The molecular formula is C22H31N3O3. The van der Waals surface area contributed by atoms with Gasteiger partial charge in [-0.1, -0.05) is 18.2 Å². The smallest absolute Gasteiger partial charge is 0.313 e. The molecule has 1 aromatic heterocycles. The molecule has 0 radical (unpaired) electrons. The van der Waals surface area contributed by atoms with Crippen LogP contribution in [0.2, 0.25) is 0 Å². The number of hydrogen-bond donors (Lipinski definition) is 0. The molecule has 1 fully saturated rings. The highest BCUT2D eigenvalue weighted by Crippen LogP contribution is 2.36. The molecule has 0 N–H and O–H groups in total. The molecule has 2 aromatic rings. The van der Waals surface area contributed by atoms with Gasteiger partial charge in [0, 0.05) is 31.4 Å². The van der Waals surface area contributed by atoms with Crippen molar-refractivity contribution in [2.24, 2.45) is 5.41 Å². The topological polar surface area (TPSA) is 56.6 Å². The Kier molecular flexibility index (Phi) is 7.09. The largest absolute Gasteiger partial charge is 0.494 e. The number of carbonyl (C=O) groups is 1. The van der Waals surface area contributed by atoms with Crippen molar-refractivity contribution in [2.75, 3.05) is 26.3 Å². The van der Waals surface area contributed by atoms with E-state index in [1.165, 1.54) is 5.56 Å². The summed E-state index contributed by atoms with van der Waals surface area (Å²) in [4.78, 5) is 15.2. The molecule has 1 atom stereocenters. The molecule has 6 heteroatoms. The van der Waals surface area contributed by atoms with E-state index in [1.54, 1.807) is 0 Å². The molecule has 1 aliphatic heterocycles. The maximum absolute atomic E-state index is 12.9. The highest BCUT2D eigenvalue weighted by atomic mass is 16.5. The van der Waals surface area contributed by atoms with Crippen LogP contribution in [0.15, 0.2) is 42.7 Å². The van der Waals surface area contributed by atoms with E-state index >= 15 is 0 Å². The predicted octanol–water partition coefficient (Wildman–Crippen LogP) is 3.52. The van der Waals surface area contributed by atoms with Crippen molar-refractivity contribution in [3.63, 3.8) is 0 Å². The molecule has 1 aliphatic rings. The van der Waals surface area contributed by atoms with Crippen LogP contribution in [0.5, 0.6) is 5.75 Å². The number of nitrogens with zero attached hydrogens (tertiary/aromatic N) is 3. The molecule has 1 saturated heterocycles. The normalized spacial score (nSPS) is 20.1. The van der Waals surface area contributed by atoms with Gasteiger partial charge >= 0.3 is 5.97 Å². The molecular weight excluding hydrogens is 354 g/mol. The van der Waals surface area contributed by atoms with Gasteiger partial charge < -0.3 is 9.47 Å². The first-order valence-electron chi connectivity index (χ1n) is 10.2. The Hall–Kier alpha value is -2.34. The number of para-hydroxylation sites is 1. The Morgan fingerprint density at radius 2 is 2.07 bits per heavy atom. The summed E-state index contributed by atoms with van der Waals surface area (Å²) < 4.78 is 13.3. The summed E-state index contributed by atoms with van der Waals surface area (Å²) in [5.74, 6) is 0.738. The zero-order chi connectivity index (χ0) is 19.8. The first-order valence-corrected chi connectivity index (χ1v) is 10.2. The molecule has 1 aromatic carbocycles. The number of benzene rings is 1. The number of likely N-dealkylation sites (tertiary alicyclic amines) is 1. The Morgan fingerprint density at radius 1 is 1.25 bits per heavy atom. The fourth-order valence-electron chi connectivity index (χ4n) is 3.92. The van der Waals surface area contributed by atoms with Crippen molar-refractivity contribution in [1.82, 2.24) is 14.7 Å². The maximum Gasteiger partial charge on any atom is 0.313 e. The van der Waals surface area contributed by atoms with Gasteiger partial charge in [0.1, 0.15) is 5.75 Å². The standard InChI is InChI=1S/C22H31N3O3/c1-3-25-17-19(15-23-25)16-24-13-8-11-22(18-24,21(26)27-4-2)12-14-28-20-9-6-5-7-10-20/h5-7,9-10,15,17H,3-4,8,11-14,16,18H2,1-2H3. The molecule has 2 heterocycles. The van der Waals surface area contributed by atoms with Gasteiger partial charge in [-0.2, -0.15) is 5.10 Å². The van der Waals surface area contributed by atoms with Gasteiger partial charge in [-0.3, -0.25) is 14.4 Å². The molecule has 28 heavy (non-hydrogen) atoms. The number of ether oxygens (including phenoxy) is 2. The SMILES string of the molecule is CCOC(=O)C1(CCOc2ccccc2)CCCN(Cc2cnn(CC)c2)C1. The van der Waals surface area contributed by atoms with Crippen LogP contribution in [0.4, 0.5) is 0 Å². The van der Waals surface area contributed by atoms with Crippen molar-refractivity contribution in [2.45, 2.75) is 46.2 Å². The monoisotopic (exact) mass is 385 g/mol. The molecule has 0 bridgehead atoms. The quantitative estimate of drug-likeness (QED) is 0.618. The summed E-state index contributed by atoms with van der Waals surface area (Å²) in [6, 6.07) is 9.75. The molecule has 3 rings (SSSR count). The van der Waals surface area contributed by atoms with E-state index in [1.807, 2.05) is 48.1 Å². The summed E-state index contributed by atoms with van der Waals surface area (Å²) >= 11 is 0. The van der Waals surface area contributed by atoms with Crippen molar-refractivity contribution < 1.29 is 14.3 Å². The van der Waals surface area contributed by atoms with Crippen LogP contribution in [-0.4, -0.2) is 47.0 Å². The Bertz CT molecular complexity index is 746. The second kappa shape index (κ2) is 9.73. The minimum Gasteiger partial charge on any atom is -0.494 e. The van der Waals surface area contributed by atoms with Gasteiger partial charge in [0.2, 0.25) is 0 Å². The van der Waals surface area contributed by atoms with E-state index in [-0.39, 0.29) is 5.97 Å². The third-order valence-corrected chi connectivity index (χ3v) is 5.37. The number of aromatic nitrogens is 2. The van der Waals surface area contributed by atoms with Crippen molar-refractivity contribution >= 4 is 5.97 Å². The van der Waals surface area contributed by atoms with Gasteiger partial charge in [-0.15, -0.1) is 0 Å². The lowest BCUT2D eigenvalue weighted by Crippen LogP contribution is -2.49. The molecule has 152 valence electrons. The van der Waals surface area contributed by atoms with Crippen LogP contribution < -0.4 is 4.74 Å². The van der Waals surface area contributed by atoms with E-state index in [9.17, 15) is 4.79 Å². The first kappa shape index (κ1) is 20.4. The summed E-state index contributed by atoms with van der Waals surface area (Å²) in [6.45, 7) is 8.21. The van der Waals surface area contributed by atoms with E-state index in [4.69, 9.17) is 9.47 Å². The summed E-state index contributed by atoms with van der Waals surface area (Å²) in [7, 11) is 0. The van der Waals surface area contributed by atoms with Crippen molar-refractivity contribution in [3.05, 3.63) is 48.3 Å². The second-order valence-corrected chi connectivity index (χ2v) is 7.43. The number of carbonyl (C=O) groups excluding carboxylic acids is 1. The van der Waals surface area contributed by atoms with E-state index < -0.39 is 5.41 Å². The van der Waals surface area contributed by atoms with E-state index in [2.05, 4.69) is 23.1 Å². The minimum atomic E-state index is -0.510. The summed E-state index contributed by atoms with van der Waals surface area (Å²) in [6.07, 6.45) is 6.48. The third-order valence-electron chi connectivity index (χ3n) is 5.37. The molecule has 6 nitrogen and oxygen atoms in total. The first-order chi connectivity index (χ1) is 13.6.